The van der Waals surface area contributed by atoms with Crippen molar-refractivity contribution in [2.24, 2.45) is 4.99 Å². The van der Waals surface area contributed by atoms with Crippen molar-refractivity contribution in [2.45, 2.75) is 59.0 Å². The van der Waals surface area contributed by atoms with Gasteiger partial charge in [-0.25, -0.2) is 4.99 Å². The van der Waals surface area contributed by atoms with Crippen LogP contribution in [0.2, 0.25) is 0 Å². The summed E-state index contributed by atoms with van der Waals surface area (Å²) in [5, 5.41) is 10.9. The van der Waals surface area contributed by atoms with Gasteiger partial charge < -0.3 is 20.1 Å². The predicted octanol–water partition coefficient (Wildman–Crippen LogP) is 4.83. The summed E-state index contributed by atoms with van der Waals surface area (Å²) in [5.74, 6) is 1.92. The number of aromatic nitrogens is 1. The quantitative estimate of drug-likeness (QED) is 0.317. The van der Waals surface area contributed by atoms with Gasteiger partial charge in [0.2, 0.25) is 0 Å². The lowest BCUT2D eigenvalue weighted by Gasteiger charge is -2.22. The maximum absolute atomic E-state index is 5.40. The molecule has 7 heteroatoms. The van der Waals surface area contributed by atoms with Crippen LogP contribution in [0.5, 0.6) is 0 Å². The van der Waals surface area contributed by atoms with Crippen LogP contribution in [0.15, 0.2) is 39.8 Å². The molecule has 2 aromatic rings. The van der Waals surface area contributed by atoms with Crippen molar-refractivity contribution < 1.29 is 4.52 Å². The average Bonchev–Trinajstić information content (AvgIpc) is 3.38. The zero-order chi connectivity index (χ0) is 19.9. The Morgan fingerprint density at radius 3 is 2.62 bits per heavy atom. The van der Waals surface area contributed by atoms with Crippen LogP contribution in [0.4, 0.5) is 5.69 Å². The van der Waals surface area contributed by atoms with E-state index in [0.29, 0.717) is 12.5 Å². The summed E-state index contributed by atoms with van der Waals surface area (Å²) < 4.78 is 5.40. The van der Waals surface area contributed by atoms with E-state index >= 15 is 0 Å². The van der Waals surface area contributed by atoms with E-state index in [1.54, 1.807) is 0 Å². The molecule has 1 aliphatic rings. The van der Waals surface area contributed by atoms with Crippen LogP contribution < -0.4 is 15.5 Å². The highest BCUT2D eigenvalue weighted by molar-refractivity contribution is 14.0. The minimum atomic E-state index is 0. The van der Waals surface area contributed by atoms with E-state index in [1.807, 2.05) is 6.07 Å². The molecule has 0 amide bonds. The fraction of sp³-hybridized carbons (Fsp3) is 0.545. The Kier molecular flexibility index (Phi) is 9.26. The van der Waals surface area contributed by atoms with Gasteiger partial charge in [0.25, 0.3) is 0 Å². The Hall–Kier alpha value is -1.77. The lowest BCUT2D eigenvalue weighted by Crippen LogP contribution is -2.38. The number of aliphatic imine (C=N–C) groups is 1. The monoisotopic (exact) mass is 511 g/mol. The largest absolute Gasteiger partial charge is 0.372 e. The molecule has 0 radical (unpaired) electrons. The SMILES string of the molecule is CCNC(=NCc1cc(C(C)C)no1)NC(C)c1cccc(N2CCCC2)c1.I. The van der Waals surface area contributed by atoms with Crippen molar-refractivity contribution in [1.82, 2.24) is 15.8 Å². The number of nitrogens with zero attached hydrogens (tertiary/aromatic N) is 3. The maximum Gasteiger partial charge on any atom is 0.192 e. The summed E-state index contributed by atoms with van der Waals surface area (Å²) in [7, 11) is 0. The van der Waals surface area contributed by atoms with Crippen LogP contribution in [-0.4, -0.2) is 30.8 Å². The number of anilines is 1. The first-order valence-electron chi connectivity index (χ1n) is 10.4. The maximum atomic E-state index is 5.40. The highest BCUT2D eigenvalue weighted by atomic mass is 127. The minimum absolute atomic E-state index is 0. The van der Waals surface area contributed by atoms with Gasteiger partial charge in [-0.15, -0.1) is 24.0 Å². The lowest BCUT2D eigenvalue weighted by molar-refractivity contribution is 0.376. The molecule has 1 aromatic heterocycles. The Bertz CT molecular complexity index is 783. The summed E-state index contributed by atoms with van der Waals surface area (Å²) in [6.07, 6.45) is 2.57. The van der Waals surface area contributed by atoms with Gasteiger partial charge >= 0.3 is 0 Å². The van der Waals surface area contributed by atoms with Crippen LogP contribution in [0.1, 0.15) is 69.5 Å². The van der Waals surface area contributed by atoms with Crippen molar-refractivity contribution >= 4 is 35.6 Å². The van der Waals surface area contributed by atoms with Gasteiger partial charge in [0.05, 0.1) is 11.7 Å². The Morgan fingerprint density at radius 2 is 1.97 bits per heavy atom. The smallest absolute Gasteiger partial charge is 0.192 e. The molecular weight excluding hydrogens is 477 g/mol. The molecule has 2 heterocycles. The van der Waals surface area contributed by atoms with E-state index in [1.165, 1.54) is 24.1 Å². The van der Waals surface area contributed by atoms with Gasteiger partial charge in [-0.1, -0.05) is 31.1 Å². The van der Waals surface area contributed by atoms with Crippen LogP contribution in [0, 0.1) is 0 Å². The summed E-state index contributed by atoms with van der Waals surface area (Å²) in [6, 6.07) is 11.0. The van der Waals surface area contributed by atoms with Crippen LogP contribution in [-0.2, 0) is 6.54 Å². The van der Waals surface area contributed by atoms with Gasteiger partial charge in [-0.2, -0.15) is 0 Å². The lowest BCUT2D eigenvalue weighted by atomic mass is 10.1. The van der Waals surface area contributed by atoms with Crippen molar-refractivity contribution in [2.75, 3.05) is 24.5 Å². The number of hydrogen-bond donors (Lipinski definition) is 2. The van der Waals surface area contributed by atoms with Gasteiger partial charge in [0.1, 0.15) is 6.54 Å². The number of benzene rings is 1. The third-order valence-electron chi connectivity index (χ3n) is 5.10. The molecule has 29 heavy (non-hydrogen) atoms. The molecule has 1 saturated heterocycles. The molecule has 160 valence electrons. The number of hydrogen-bond acceptors (Lipinski definition) is 4. The first-order chi connectivity index (χ1) is 13.6. The first kappa shape index (κ1) is 23.5. The molecule has 3 rings (SSSR count). The topological polar surface area (TPSA) is 65.7 Å². The molecule has 0 saturated carbocycles. The van der Waals surface area contributed by atoms with Gasteiger partial charge in [-0.05, 0) is 50.3 Å². The van der Waals surface area contributed by atoms with E-state index in [4.69, 9.17) is 4.52 Å². The van der Waals surface area contributed by atoms with Crippen LogP contribution in [0.3, 0.4) is 0 Å². The molecule has 6 nitrogen and oxygen atoms in total. The highest BCUT2D eigenvalue weighted by Crippen LogP contribution is 2.24. The van der Waals surface area contributed by atoms with E-state index in [9.17, 15) is 0 Å². The third kappa shape index (κ3) is 6.62. The molecule has 1 aromatic carbocycles. The second kappa shape index (κ2) is 11.4. The Balaban J connectivity index is 0.00000300. The Morgan fingerprint density at radius 1 is 1.21 bits per heavy atom. The molecule has 1 fully saturated rings. The van der Waals surface area contributed by atoms with E-state index in [2.05, 4.69) is 77.6 Å². The summed E-state index contributed by atoms with van der Waals surface area (Å²) in [6.45, 7) is 12.0. The van der Waals surface area contributed by atoms with Crippen molar-refractivity contribution in [3.05, 3.63) is 47.3 Å². The summed E-state index contributed by atoms with van der Waals surface area (Å²) in [5.41, 5.74) is 3.54. The van der Waals surface area contributed by atoms with E-state index in [-0.39, 0.29) is 30.0 Å². The van der Waals surface area contributed by atoms with Gasteiger partial charge in [0, 0.05) is 31.4 Å². The molecule has 0 bridgehead atoms. The predicted molar refractivity (Wildman–Crippen MR) is 130 cm³/mol. The number of rotatable bonds is 7. The van der Waals surface area contributed by atoms with Gasteiger partial charge in [0.15, 0.2) is 11.7 Å². The van der Waals surface area contributed by atoms with Crippen molar-refractivity contribution in [3.63, 3.8) is 0 Å². The molecule has 1 aliphatic heterocycles. The van der Waals surface area contributed by atoms with Crippen LogP contribution >= 0.6 is 24.0 Å². The second-order valence-corrected chi connectivity index (χ2v) is 7.72. The standard InChI is InChI=1S/C22H33N5O.HI/c1-5-23-22(24-15-20-14-21(16(2)3)26-28-20)25-17(4)18-9-8-10-19(13-18)27-11-6-7-12-27;/h8-10,13-14,16-17H,5-7,11-12,15H2,1-4H3,(H2,23,24,25);1H. The molecule has 2 N–H and O–H groups in total. The molecule has 0 aliphatic carbocycles. The average molecular weight is 511 g/mol. The second-order valence-electron chi connectivity index (χ2n) is 7.72. The minimum Gasteiger partial charge on any atom is -0.372 e. The molecular formula is C22H34IN5O. The van der Waals surface area contributed by atoms with E-state index in [0.717, 1.165) is 37.0 Å². The van der Waals surface area contributed by atoms with Crippen molar-refractivity contribution in [3.8, 4) is 0 Å². The highest BCUT2D eigenvalue weighted by Gasteiger charge is 2.15. The number of guanidine groups is 1. The summed E-state index contributed by atoms with van der Waals surface area (Å²) >= 11 is 0. The third-order valence-corrected chi connectivity index (χ3v) is 5.10. The zero-order valence-electron chi connectivity index (χ0n) is 17.9. The Labute approximate surface area is 191 Å². The van der Waals surface area contributed by atoms with E-state index < -0.39 is 0 Å². The molecule has 0 spiro atoms. The fourth-order valence-electron chi connectivity index (χ4n) is 3.41. The fourth-order valence-corrected chi connectivity index (χ4v) is 3.41. The normalized spacial score (nSPS) is 15.3. The van der Waals surface area contributed by atoms with Crippen LogP contribution in [0.25, 0.3) is 0 Å². The first-order valence-corrected chi connectivity index (χ1v) is 10.4. The van der Waals surface area contributed by atoms with Gasteiger partial charge in [-0.3, -0.25) is 0 Å². The summed E-state index contributed by atoms with van der Waals surface area (Å²) in [4.78, 5) is 7.14. The molecule has 1 atom stereocenters. The number of halogens is 1. The zero-order valence-corrected chi connectivity index (χ0v) is 20.3. The number of nitrogens with one attached hydrogen (secondary N) is 2. The van der Waals surface area contributed by atoms with Crippen molar-refractivity contribution in [1.29, 1.82) is 0 Å². The molecule has 1 unspecified atom stereocenters.